The lowest BCUT2D eigenvalue weighted by Gasteiger charge is -2.31. The van der Waals surface area contributed by atoms with Crippen LogP contribution >= 0.6 is 12.4 Å². The van der Waals surface area contributed by atoms with Gasteiger partial charge in [0.15, 0.2) is 0 Å². The first-order chi connectivity index (χ1) is 9.63. The molecule has 0 radical (unpaired) electrons. The van der Waals surface area contributed by atoms with Crippen molar-refractivity contribution in [2.75, 3.05) is 6.54 Å². The molecule has 1 atom stereocenters. The van der Waals surface area contributed by atoms with Gasteiger partial charge in [0.05, 0.1) is 16.5 Å². The smallest absolute Gasteiger partial charge is 0.241 e. The average molecular weight is 346 g/mol. The third-order valence-corrected chi connectivity index (χ3v) is 5.08. The topological polar surface area (TPSA) is 96.0 Å². The zero-order chi connectivity index (χ0) is 16.3. The van der Waals surface area contributed by atoms with Gasteiger partial charge in [-0.25, -0.2) is 13.1 Å². The fourth-order valence-electron chi connectivity index (χ4n) is 2.47. The summed E-state index contributed by atoms with van der Waals surface area (Å²) in [7, 11) is -3.67. The normalized spacial score (nSPS) is 14.0. The first-order valence-corrected chi connectivity index (χ1v) is 8.36. The van der Waals surface area contributed by atoms with Crippen molar-refractivity contribution in [3.8, 4) is 6.07 Å². The van der Waals surface area contributed by atoms with E-state index in [0.717, 1.165) is 0 Å². The summed E-state index contributed by atoms with van der Waals surface area (Å²) in [5.41, 5.74) is 6.05. The zero-order valence-electron chi connectivity index (χ0n) is 13.4. The van der Waals surface area contributed by atoms with Gasteiger partial charge in [-0.05, 0) is 49.9 Å². The molecular weight excluding hydrogens is 322 g/mol. The van der Waals surface area contributed by atoms with E-state index in [9.17, 15) is 8.42 Å². The second-order valence-corrected chi connectivity index (χ2v) is 7.71. The number of sulfonamides is 1. The SMILES string of the molecule is Cc1cc(C#N)ccc1S(=O)(=O)NC(C)(CN)CC(C)C.Cl. The van der Waals surface area contributed by atoms with Gasteiger partial charge in [0.25, 0.3) is 0 Å². The Balaban J connectivity index is 0.00000441. The fraction of sp³-hybridized carbons (Fsp3) is 0.533. The van der Waals surface area contributed by atoms with Gasteiger partial charge in [0.2, 0.25) is 10.0 Å². The summed E-state index contributed by atoms with van der Waals surface area (Å²) in [6.07, 6.45) is 0.651. The Labute approximate surface area is 139 Å². The average Bonchev–Trinajstić information content (AvgIpc) is 2.36. The van der Waals surface area contributed by atoms with Crippen LogP contribution in [-0.2, 0) is 10.0 Å². The highest BCUT2D eigenvalue weighted by Crippen LogP contribution is 2.22. The third-order valence-electron chi connectivity index (χ3n) is 3.28. The highest BCUT2D eigenvalue weighted by Gasteiger charge is 2.30. The third kappa shape index (κ3) is 5.25. The maximum absolute atomic E-state index is 12.6. The fourth-order valence-corrected chi connectivity index (χ4v) is 4.12. The van der Waals surface area contributed by atoms with Gasteiger partial charge in [-0.1, -0.05) is 13.8 Å². The minimum absolute atomic E-state index is 0. The molecule has 0 saturated heterocycles. The van der Waals surface area contributed by atoms with Crippen molar-refractivity contribution in [1.82, 2.24) is 4.72 Å². The summed E-state index contributed by atoms with van der Waals surface area (Å²) in [6.45, 7) is 7.76. The molecule has 0 aliphatic heterocycles. The molecule has 22 heavy (non-hydrogen) atoms. The maximum Gasteiger partial charge on any atom is 0.241 e. The van der Waals surface area contributed by atoms with Crippen molar-refractivity contribution in [2.45, 2.75) is 44.6 Å². The molecule has 7 heteroatoms. The van der Waals surface area contributed by atoms with Gasteiger partial charge in [0, 0.05) is 12.1 Å². The van der Waals surface area contributed by atoms with Crippen molar-refractivity contribution >= 4 is 22.4 Å². The largest absolute Gasteiger partial charge is 0.329 e. The van der Waals surface area contributed by atoms with Crippen LogP contribution in [0.2, 0.25) is 0 Å². The van der Waals surface area contributed by atoms with Crippen LogP contribution in [0.5, 0.6) is 0 Å². The van der Waals surface area contributed by atoms with E-state index in [1.807, 2.05) is 26.8 Å². The molecule has 0 heterocycles. The predicted molar refractivity (Wildman–Crippen MR) is 90.4 cm³/mol. The molecule has 0 amide bonds. The van der Waals surface area contributed by atoms with Gasteiger partial charge in [0.1, 0.15) is 0 Å². The second kappa shape index (κ2) is 7.93. The van der Waals surface area contributed by atoms with E-state index in [0.29, 0.717) is 23.5 Å². The molecule has 0 aromatic heterocycles. The zero-order valence-corrected chi connectivity index (χ0v) is 15.0. The number of hydrogen-bond donors (Lipinski definition) is 2. The Morgan fingerprint density at radius 1 is 1.41 bits per heavy atom. The van der Waals surface area contributed by atoms with E-state index in [4.69, 9.17) is 11.0 Å². The minimum atomic E-state index is -3.67. The lowest BCUT2D eigenvalue weighted by atomic mass is 9.92. The van der Waals surface area contributed by atoms with Gasteiger partial charge in [-0.15, -0.1) is 12.4 Å². The first-order valence-electron chi connectivity index (χ1n) is 6.88. The predicted octanol–water partition coefficient (Wildman–Crippen LogP) is 2.33. The number of nitriles is 1. The monoisotopic (exact) mass is 345 g/mol. The molecule has 0 bridgehead atoms. The van der Waals surface area contributed by atoms with Gasteiger partial charge in [-0.2, -0.15) is 5.26 Å². The summed E-state index contributed by atoms with van der Waals surface area (Å²) in [5.74, 6) is 0.323. The Morgan fingerprint density at radius 2 is 2.00 bits per heavy atom. The van der Waals surface area contributed by atoms with Gasteiger partial charge < -0.3 is 5.73 Å². The van der Waals surface area contributed by atoms with Crippen molar-refractivity contribution < 1.29 is 8.42 Å². The summed E-state index contributed by atoms with van der Waals surface area (Å²) < 4.78 is 27.8. The maximum atomic E-state index is 12.6. The molecule has 5 nitrogen and oxygen atoms in total. The molecule has 3 N–H and O–H groups in total. The summed E-state index contributed by atoms with van der Waals surface area (Å²) in [5, 5.41) is 8.85. The lowest BCUT2D eigenvalue weighted by molar-refractivity contribution is 0.344. The first kappa shape index (κ1) is 20.9. The molecule has 124 valence electrons. The number of halogens is 1. The Morgan fingerprint density at radius 3 is 2.41 bits per heavy atom. The van der Waals surface area contributed by atoms with Crippen LogP contribution in [0.3, 0.4) is 0 Å². The van der Waals surface area contributed by atoms with Gasteiger partial charge in [-0.3, -0.25) is 0 Å². The van der Waals surface area contributed by atoms with Crippen LogP contribution in [0.1, 0.15) is 38.3 Å². The number of benzene rings is 1. The molecular formula is C15H24ClN3O2S. The molecule has 0 spiro atoms. The standard InChI is InChI=1S/C15H23N3O2S.ClH/c1-11(2)8-15(4,10-17)18-21(19,20)14-6-5-13(9-16)7-12(14)3;/h5-7,11,18H,8,10,17H2,1-4H3;1H. The van der Waals surface area contributed by atoms with E-state index in [-0.39, 0.29) is 23.8 Å². The number of aryl methyl sites for hydroxylation is 1. The Hall–Kier alpha value is -1.13. The van der Waals surface area contributed by atoms with E-state index in [1.165, 1.54) is 12.1 Å². The molecule has 0 saturated carbocycles. The minimum Gasteiger partial charge on any atom is -0.329 e. The molecule has 0 fully saturated rings. The summed E-state index contributed by atoms with van der Waals surface area (Å²) in [6, 6.07) is 6.53. The highest BCUT2D eigenvalue weighted by molar-refractivity contribution is 7.89. The Kier molecular flexibility index (Phi) is 7.52. The van der Waals surface area contributed by atoms with Crippen molar-refractivity contribution in [3.05, 3.63) is 29.3 Å². The van der Waals surface area contributed by atoms with Crippen LogP contribution in [0, 0.1) is 24.2 Å². The lowest BCUT2D eigenvalue weighted by Crippen LogP contribution is -2.52. The molecule has 1 unspecified atom stereocenters. The summed E-state index contributed by atoms with van der Waals surface area (Å²) in [4.78, 5) is 0.185. The van der Waals surface area contributed by atoms with Crippen molar-refractivity contribution in [1.29, 1.82) is 5.26 Å². The number of nitrogens with two attached hydrogens (primary N) is 1. The molecule has 0 aliphatic rings. The van der Waals surface area contributed by atoms with Crippen molar-refractivity contribution in [2.24, 2.45) is 11.7 Å². The van der Waals surface area contributed by atoms with E-state index >= 15 is 0 Å². The van der Waals surface area contributed by atoms with E-state index in [2.05, 4.69) is 4.72 Å². The van der Waals surface area contributed by atoms with Crippen LogP contribution in [-0.4, -0.2) is 20.5 Å². The van der Waals surface area contributed by atoms with E-state index < -0.39 is 15.6 Å². The molecule has 1 rings (SSSR count). The quantitative estimate of drug-likeness (QED) is 0.827. The summed E-state index contributed by atoms with van der Waals surface area (Å²) >= 11 is 0. The van der Waals surface area contributed by atoms with Gasteiger partial charge >= 0.3 is 0 Å². The van der Waals surface area contributed by atoms with Crippen LogP contribution < -0.4 is 10.5 Å². The Bertz CT molecular complexity index is 653. The second-order valence-electron chi connectivity index (χ2n) is 6.06. The van der Waals surface area contributed by atoms with Crippen LogP contribution in [0.4, 0.5) is 0 Å². The van der Waals surface area contributed by atoms with E-state index in [1.54, 1.807) is 13.0 Å². The van der Waals surface area contributed by atoms with Crippen molar-refractivity contribution in [3.63, 3.8) is 0 Å². The number of rotatable bonds is 6. The van der Waals surface area contributed by atoms with Crippen LogP contribution in [0.25, 0.3) is 0 Å². The highest BCUT2D eigenvalue weighted by atomic mass is 35.5. The van der Waals surface area contributed by atoms with Crippen LogP contribution in [0.15, 0.2) is 23.1 Å². The molecule has 0 aliphatic carbocycles. The molecule has 1 aromatic rings. The molecule has 1 aromatic carbocycles. The number of nitrogens with one attached hydrogen (secondary N) is 1. The number of hydrogen-bond acceptors (Lipinski definition) is 4. The number of nitrogens with zero attached hydrogens (tertiary/aromatic N) is 1.